The molecule has 1 aliphatic rings. The molecule has 0 aromatic heterocycles. The van der Waals surface area contributed by atoms with E-state index in [0.717, 1.165) is 5.75 Å². The summed E-state index contributed by atoms with van der Waals surface area (Å²) >= 11 is 3.75. The third-order valence-corrected chi connectivity index (χ3v) is 3.32. The highest BCUT2D eigenvalue weighted by Gasteiger charge is 2.03. The van der Waals surface area contributed by atoms with Crippen molar-refractivity contribution < 1.29 is 0 Å². The molecule has 0 bridgehead atoms. The van der Waals surface area contributed by atoms with Gasteiger partial charge in [-0.15, -0.1) is 30.1 Å². The summed E-state index contributed by atoms with van der Waals surface area (Å²) in [5.41, 5.74) is 0. The van der Waals surface area contributed by atoms with Gasteiger partial charge < -0.3 is 0 Å². The minimum atomic E-state index is 0.597. The van der Waals surface area contributed by atoms with E-state index in [1.807, 2.05) is 29.6 Å². The molecule has 1 heterocycles. The molecule has 0 spiro atoms. The van der Waals surface area contributed by atoms with Crippen molar-refractivity contribution >= 4 is 23.5 Å². The molecule has 0 aromatic rings. The Kier molecular flexibility index (Phi) is 2.56. The summed E-state index contributed by atoms with van der Waals surface area (Å²) in [4.78, 5) is 0. The molecule has 0 saturated heterocycles. The van der Waals surface area contributed by atoms with Crippen molar-refractivity contribution in [2.45, 2.75) is 4.58 Å². The molecule has 1 atom stereocenters. The van der Waals surface area contributed by atoms with Crippen LogP contribution < -0.4 is 0 Å². The Morgan fingerprint density at radius 1 is 1.75 bits per heavy atom. The first kappa shape index (κ1) is 6.30. The van der Waals surface area contributed by atoms with Crippen molar-refractivity contribution in [3.8, 4) is 0 Å². The molecule has 44 valence electrons. The first-order valence-electron chi connectivity index (χ1n) is 2.48. The standard InChI is InChI=1S/C6H8S2/c1-2-6-7-4-3-5-8-6/h2-4,6H,1,5H2/t6-/m1/s1. The minimum absolute atomic E-state index is 0.597. The van der Waals surface area contributed by atoms with E-state index < -0.39 is 0 Å². The van der Waals surface area contributed by atoms with Gasteiger partial charge >= 0.3 is 0 Å². The van der Waals surface area contributed by atoms with Gasteiger partial charge in [0.05, 0.1) is 4.58 Å². The van der Waals surface area contributed by atoms with Gasteiger partial charge in [0.1, 0.15) is 0 Å². The Morgan fingerprint density at radius 2 is 2.62 bits per heavy atom. The number of hydrogen-bond donors (Lipinski definition) is 0. The molecule has 0 radical (unpaired) electrons. The van der Waals surface area contributed by atoms with Crippen molar-refractivity contribution in [3.63, 3.8) is 0 Å². The lowest BCUT2D eigenvalue weighted by Crippen LogP contribution is -1.92. The lowest BCUT2D eigenvalue weighted by atomic mass is 10.7. The Hall–Kier alpha value is 0.180. The molecule has 0 N–H and O–H groups in total. The Morgan fingerprint density at radius 3 is 3.00 bits per heavy atom. The average molecular weight is 144 g/mol. The predicted molar refractivity (Wildman–Crippen MR) is 43.2 cm³/mol. The Bertz CT molecular complexity index is 107. The molecule has 1 rings (SSSR count). The zero-order valence-electron chi connectivity index (χ0n) is 4.54. The van der Waals surface area contributed by atoms with Crippen LogP contribution in [0.25, 0.3) is 0 Å². The van der Waals surface area contributed by atoms with E-state index in [1.54, 1.807) is 0 Å². The lowest BCUT2D eigenvalue weighted by molar-refractivity contribution is 1.63. The van der Waals surface area contributed by atoms with Gasteiger partial charge in [-0.2, -0.15) is 0 Å². The summed E-state index contributed by atoms with van der Waals surface area (Å²) in [6, 6.07) is 0. The molecule has 0 unspecified atom stereocenters. The normalized spacial score (nSPS) is 27.8. The van der Waals surface area contributed by atoms with Crippen molar-refractivity contribution in [2.24, 2.45) is 0 Å². The zero-order valence-corrected chi connectivity index (χ0v) is 6.17. The van der Waals surface area contributed by atoms with Gasteiger partial charge in [0, 0.05) is 5.75 Å². The third-order valence-electron chi connectivity index (χ3n) is 0.858. The molecule has 0 fully saturated rings. The van der Waals surface area contributed by atoms with Crippen LogP contribution in [-0.4, -0.2) is 10.3 Å². The first-order valence-corrected chi connectivity index (χ1v) is 4.47. The molecule has 2 heteroatoms. The SMILES string of the molecule is C=C[C@@H]1SC=CCS1. The smallest absolute Gasteiger partial charge is 0.0723 e. The van der Waals surface area contributed by atoms with Crippen LogP contribution in [0.5, 0.6) is 0 Å². The van der Waals surface area contributed by atoms with E-state index in [1.165, 1.54) is 0 Å². The van der Waals surface area contributed by atoms with Crippen LogP contribution >= 0.6 is 23.5 Å². The molecule has 0 amide bonds. The second kappa shape index (κ2) is 3.25. The van der Waals surface area contributed by atoms with Crippen LogP contribution in [0.4, 0.5) is 0 Å². The topological polar surface area (TPSA) is 0 Å². The van der Waals surface area contributed by atoms with Crippen LogP contribution in [0.1, 0.15) is 0 Å². The maximum absolute atomic E-state index is 3.71. The van der Waals surface area contributed by atoms with Gasteiger partial charge in [-0.3, -0.25) is 0 Å². The van der Waals surface area contributed by atoms with Crippen LogP contribution in [0.15, 0.2) is 24.1 Å². The molecule has 8 heavy (non-hydrogen) atoms. The summed E-state index contributed by atoms with van der Waals surface area (Å²) < 4.78 is 0.597. The van der Waals surface area contributed by atoms with Crippen molar-refractivity contribution in [3.05, 3.63) is 24.1 Å². The van der Waals surface area contributed by atoms with Gasteiger partial charge in [-0.1, -0.05) is 12.2 Å². The molecular formula is C6H8S2. The monoisotopic (exact) mass is 144 g/mol. The van der Waals surface area contributed by atoms with Crippen LogP contribution in [0.2, 0.25) is 0 Å². The first-order chi connectivity index (χ1) is 3.93. The van der Waals surface area contributed by atoms with Gasteiger partial charge in [-0.05, 0) is 5.41 Å². The van der Waals surface area contributed by atoms with E-state index in [0.29, 0.717) is 4.58 Å². The van der Waals surface area contributed by atoms with Crippen LogP contribution in [0.3, 0.4) is 0 Å². The molecule has 0 aromatic carbocycles. The summed E-state index contributed by atoms with van der Waals surface area (Å²) in [6.45, 7) is 3.71. The second-order valence-electron chi connectivity index (χ2n) is 1.45. The molecule has 0 aliphatic carbocycles. The Balaban J connectivity index is 2.37. The van der Waals surface area contributed by atoms with E-state index >= 15 is 0 Å². The van der Waals surface area contributed by atoms with Gasteiger partial charge in [0.2, 0.25) is 0 Å². The van der Waals surface area contributed by atoms with E-state index in [9.17, 15) is 0 Å². The van der Waals surface area contributed by atoms with Crippen molar-refractivity contribution in [1.29, 1.82) is 0 Å². The quantitative estimate of drug-likeness (QED) is 0.519. The highest BCUT2D eigenvalue weighted by atomic mass is 32.2. The molecule has 1 aliphatic heterocycles. The fourth-order valence-electron chi connectivity index (χ4n) is 0.486. The van der Waals surface area contributed by atoms with Crippen LogP contribution in [-0.2, 0) is 0 Å². The van der Waals surface area contributed by atoms with Gasteiger partial charge in [0.15, 0.2) is 0 Å². The number of hydrogen-bond acceptors (Lipinski definition) is 2. The fraction of sp³-hybridized carbons (Fsp3) is 0.333. The average Bonchev–Trinajstić information content (AvgIpc) is 1.90. The lowest BCUT2D eigenvalue weighted by Gasteiger charge is -2.10. The van der Waals surface area contributed by atoms with Gasteiger partial charge in [-0.25, -0.2) is 0 Å². The Labute approximate surface area is 58.4 Å². The summed E-state index contributed by atoms with van der Waals surface area (Å²) in [6.07, 6.45) is 4.16. The highest BCUT2D eigenvalue weighted by Crippen LogP contribution is 2.29. The number of rotatable bonds is 1. The van der Waals surface area contributed by atoms with E-state index in [2.05, 4.69) is 18.1 Å². The second-order valence-corrected chi connectivity index (χ2v) is 3.97. The fourth-order valence-corrected chi connectivity index (χ4v) is 2.36. The maximum Gasteiger partial charge on any atom is 0.0723 e. The summed E-state index contributed by atoms with van der Waals surface area (Å²) in [7, 11) is 0. The van der Waals surface area contributed by atoms with Crippen molar-refractivity contribution in [2.75, 3.05) is 5.75 Å². The van der Waals surface area contributed by atoms with E-state index in [4.69, 9.17) is 0 Å². The third kappa shape index (κ3) is 1.60. The zero-order chi connectivity index (χ0) is 5.82. The predicted octanol–water partition coefficient (Wildman–Crippen LogP) is 2.49. The highest BCUT2D eigenvalue weighted by molar-refractivity contribution is 8.19. The summed E-state index contributed by atoms with van der Waals surface area (Å²) in [5, 5.41) is 2.14. The maximum atomic E-state index is 3.71. The number of thioether (sulfide) groups is 2. The molecular weight excluding hydrogens is 136 g/mol. The molecule has 0 saturated carbocycles. The van der Waals surface area contributed by atoms with E-state index in [-0.39, 0.29) is 0 Å². The van der Waals surface area contributed by atoms with Crippen LogP contribution in [0, 0.1) is 0 Å². The van der Waals surface area contributed by atoms with Gasteiger partial charge in [0.25, 0.3) is 0 Å². The minimum Gasteiger partial charge on any atom is -0.139 e. The van der Waals surface area contributed by atoms with Crippen molar-refractivity contribution in [1.82, 2.24) is 0 Å². The summed E-state index contributed by atoms with van der Waals surface area (Å²) in [5.74, 6) is 1.14. The molecule has 0 nitrogen and oxygen atoms in total. The largest absolute Gasteiger partial charge is 0.139 e.